The standard InChI is InChI=1S/C6H6N2O4/c1-12-4(9)2-3-5(10)6(11)8-7-3/h2H2,1H3,(H,8,10,11). The largest absolute Gasteiger partial charge is 0.469 e. The van der Waals surface area contributed by atoms with Crippen LogP contribution in [0.15, 0.2) is 5.10 Å². The molecule has 0 radical (unpaired) electrons. The molecule has 0 spiro atoms. The van der Waals surface area contributed by atoms with Crippen LogP contribution in [0, 0.1) is 0 Å². The summed E-state index contributed by atoms with van der Waals surface area (Å²) in [5, 5.41) is 3.35. The number of hydrogen-bond donors (Lipinski definition) is 1. The van der Waals surface area contributed by atoms with Crippen LogP contribution >= 0.6 is 0 Å². The fourth-order valence-corrected chi connectivity index (χ4v) is 0.680. The molecule has 1 amide bonds. The molecule has 0 unspecified atom stereocenters. The van der Waals surface area contributed by atoms with Gasteiger partial charge < -0.3 is 4.74 Å². The molecule has 0 aromatic rings. The summed E-state index contributed by atoms with van der Waals surface area (Å²) in [7, 11) is 1.19. The van der Waals surface area contributed by atoms with Gasteiger partial charge in [-0.2, -0.15) is 5.10 Å². The SMILES string of the molecule is COC(=O)CC1=NNC(=O)C1=O. The summed E-state index contributed by atoms with van der Waals surface area (Å²) in [5.41, 5.74) is 1.84. The fraction of sp³-hybridized carbons (Fsp3) is 0.333. The molecule has 1 rings (SSSR count). The van der Waals surface area contributed by atoms with Gasteiger partial charge >= 0.3 is 11.9 Å². The van der Waals surface area contributed by atoms with Crippen LogP contribution in [0.1, 0.15) is 6.42 Å². The third kappa shape index (κ3) is 1.47. The summed E-state index contributed by atoms with van der Waals surface area (Å²) in [6.45, 7) is 0. The zero-order valence-corrected chi connectivity index (χ0v) is 6.29. The van der Waals surface area contributed by atoms with Crippen LogP contribution in [-0.2, 0) is 19.1 Å². The van der Waals surface area contributed by atoms with Crippen molar-refractivity contribution in [3.63, 3.8) is 0 Å². The van der Waals surface area contributed by atoms with Crippen LogP contribution < -0.4 is 5.43 Å². The average Bonchev–Trinajstić information content (AvgIpc) is 2.36. The van der Waals surface area contributed by atoms with E-state index in [4.69, 9.17) is 0 Å². The van der Waals surface area contributed by atoms with E-state index >= 15 is 0 Å². The molecule has 0 aromatic heterocycles. The van der Waals surface area contributed by atoms with E-state index in [-0.39, 0.29) is 12.1 Å². The summed E-state index contributed by atoms with van der Waals surface area (Å²) in [5.74, 6) is -2.19. The van der Waals surface area contributed by atoms with E-state index in [0.717, 1.165) is 0 Å². The molecule has 1 aliphatic rings. The van der Waals surface area contributed by atoms with E-state index in [1.54, 1.807) is 0 Å². The number of carbonyl (C=O) groups is 3. The van der Waals surface area contributed by atoms with Crippen molar-refractivity contribution in [3.8, 4) is 0 Å². The lowest BCUT2D eigenvalue weighted by Crippen LogP contribution is -2.24. The van der Waals surface area contributed by atoms with E-state index in [9.17, 15) is 14.4 Å². The average molecular weight is 170 g/mol. The Bertz CT molecular complexity index is 281. The van der Waals surface area contributed by atoms with Gasteiger partial charge in [-0.05, 0) is 0 Å². The molecule has 0 fully saturated rings. The smallest absolute Gasteiger partial charge is 0.313 e. The molecule has 6 heteroatoms. The monoisotopic (exact) mass is 170 g/mol. The maximum Gasteiger partial charge on any atom is 0.313 e. The second-order valence-electron chi connectivity index (χ2n) is 2.08. The van der Waals surface area contributed by atoms with Crippen molar-refractivity contribution in [3.05, 3.63) is 0 Å². The van der Waals surface area contributed by atoms with Crippen molar-refractivity contribution in [2.24, 2.45) is 5.10 Å². The van der Waals surface area contributed by atoms with Crippen molar-refractivity contribution in [2.45, 2.75) is 6.42 Å². The molecule has 0 aromatic carbocycles. The van der Waals surface area contributed by atoms with Gasteiger partial charge in [0.25, 0.3) is 5.78 Å². The van der Waals surface area contributed by atoms with Crippen LogP contribution in [0.3, 0.4) is 0 Å². The number of methoxy groups -OCH3 is 1. The Hall–Kier alpha value is -1.72. The predicted octanol–water partition coefficient (Wildman–Crippen LogP) is -1.40. The van der Waals surface area contributed by atoms with E-state index in [2.05, 4.69) is 9.84 Å². The van der Waals surface area contributed by atoms with Gasteiger partial charge in [-0.25, -0.2) is 5.43 Å². The molecule has 12 heavy (non-hydrogen) atoms. The van der Waals surface area contributed by atoms with Crippen molar-refractivity contribution < 1.29 is 19.1 Å². The molecule has 0 saturated heterocycles. The molecule has 1 heterocycles. The van der Waals surface area contributed by atoms with Gasteiger partial charge in [0.2, 0.25) is 0 Å². The van der Waals surface area contributed by atoms with E-state index in [1.165, 1.54) is 7.11 Å². The molecule has 1 aliphatic heterocycles. The van der Waals surface area contributed by atoms with Gasteiger partial charge in [-0.15, -0.1) is 0 Å². The van der Waals surface area contributed by atoms with E-state index < -0.39 is 17.7 Å². The molecule has 64 valence electrons. The van der Waals surface area contributed by atoms with Crippen molar-refractivity contribution in [1.82, 2.24) is 5.43 Å². The van der Waals surface area contributed by atoms with Crippen molar-refractivity contribution >= 4 is 23.4 Å². The number of Topliss-reactive ketones (excluding diaryl/α,β-unsaturated/α-hetero) is 1. The summed E-state index contributed by atoms with van der Waals surface area (Å²) in [6, 6.07) is 0. The first kappa shape index (κ1) is 8.38. The zero-order chi connectivity index (χ0) is 9.14. The lowest BCUT2D eigenvalue weighted by Gasteiger charge is -1.94. The molecule has 1 N–H and O–H groups in total. The van der Waals surface area contributed by atoms with Crippen molar-refractivity contribution in [1.29, 1.82) is 0 Å². The number of carbonyl (C=O) groups excluding carboxylic acids is 3. The number of esters is 1. The van der Waals surface area contributed by atoms with Gasteiger partial charge in [-0.3, -0.25) is 14.4 Å². The Morgan fingerprint density at radius 1 is 1.58 bits per heavy atom. The highest BCUT2D eigenvalue weighted by Gasteiger charge is 2.28. The topological polar surface area (TPSA) is 84.8 Å². The zero-order valence-electron chi connectivity index (χ0n) is 6.29. The predicted molar refractivity (Wildman–Crippen MR) is 37.2 cm³/mol. The Balaban J connectivity index is 2.61. The number of nitrogens with one attached hydrogen (secondary N) is 1. The van der Waals surface area contributed by atoms with Crippen LogP contribution in [-0.4, -0.2) is 30.5 Å². The second-order valence-corrected chi connectivity index (χ2v) is 2.08. The highest BCUT2D eigenvalue weighted by Crippen LogP contribution is 1.97. The Kier molecular flexibility index (Phi) is 2.18. The third-order valence-electron chi connectivity index (χ3n) is 1.30. The summed E-state index contributed by atoms with van der Waals surface area (Å²) in [6.07, 6.45) is -0.270. The number of hydrazone groups is 1. The summed E-state index contributed by atoms with van der Waals surface area (Å²) >= 11 is 0. The fourth-order valence-electron chi connectivity index (χ4n) is 0.680. The van der Waals surface area contributed by atoms with Gasteiger partial charge in [0, 0.05) is 0 Å². The summed E-state index contributed by atoms with van der Waals surface area (Å²) in [4.78, 5) is 32.0. The molecule has 6 nitrogen and oxygen atoms in total. The minimum atomic E-state index is -0.811. The molecule has 0 bridgehead atoms. The minimum Gasteiger partial charge on any atom is -0.469 e. The Morgan fingerprint density at radius 2 is 2.25 bits per heavy atom. The number of rotatable bonds is 2. The van der Waals surface area contributed by atoms with Gasteiger partial charge in [0.1, 0.15) is 5.71 Å². The molecular formula is C6H6N2O4. The van der Waals surface area contributed by atoms with Crippen LogP contribution in [0.4, 0.5) is 0 Å². The quantitative estimate of drug-likeness (QED) is 0.408. The van der Waals surface area contributed by atoms with Gasteiger partial charge in [0.05, 0.1) is 13.5 Å². The number of nitrogens with zero attached hydrogens (tertiary/aromatic N) is 1. The Morgan fingerprint density at radius 3 is 2.67 bits per heavy atom. The number of ether oxygens (including phenoxy) is 1. The Labute approximate surface area is 67.6 Å². The summed E-state index contributed by atoms with van der Waals surface area (Å²) < 4.78 is 4.28. The second kappa shape index (κ2) is 3.12. The maximum atomic E-state index is 10.8. The first-order chi connectivity index (χ1) is 5.65. The first-order valence-corrected chi connectivity index (χ1v) is 3.13. The lowest BCUT2D eigenvalue weighted by molar-refractivity contribution is -0.139. The normalized spacial score (nSPS) is 15.6. The maximum absolute atomic E-state index is 10.8. The highest BCUT2D eigenvalue weighted by molar-refractivity contribution is 6.67. The van der Waals surface area contributed by atoms with Gasteiger partial charge in [-0.1, -0.05) is 0 Å². The van der Waals surface area contributed by atoms with E-state index in [1.807, 2.05) is 5.43 Å². The third-order valence-corrected chi connectivity index (χ3v) is 1.30. The van der Waals surface area contributed by atoms with Crippen LogP contribution in [0.5, 0.6) is 0 Å². The molecular weight excluding hydrogens is 164 g/mol. The lowest BCUT2D eigenvalue weighted by atomic mass is 10.2. The van der Waals surface area contributed by atoms with Crippen LogP contribution in [0.25, 0.3) is 0 Å². The molecule has 0 saturated carbocycles. The van der Waals surface area contributed by atoms with Crippen LogP contribution in [0.2, 0.25) is 0 Å². The molecule has 0 aliphatic carbocycles. The van der Waals surface area contributed by atoms with Crippen molar-refractivity contribution in [2.75, 3.05) is 7.11 Å². The number of ketones is 1. The van der Waals surface area contributed by atoms with E-state index in [0.29, 0.717) is 0 Å². The highest BCUT2D eigenvalue weighted by atomic mass is 16.5. The number of hydrogen-bond acceptors (Lipinski definition) is 5. The molecule has 0 atom stereocenters. The minimum absolute atomic E-state index is 0.105. The number of amides is 1. The first-order valence-electron chi connectivity index (χ1n) is 3.13. The van der Waals surface area contributed by atoms with Gasteiger partial charge in [0.15, 0.2) is 0 Å².